The number of carbonyl (C=O) groups is 4. The molecule has 4 N–H and O–H groups in total. The molecule has 0 saturated carbocycles. The Morgan fingerprint density at radius 2 is 1.82 bits per heavy atom. The molecule has 3 amide bonds. The summed E-state index contributed by atoms with van der Waals surface area (Å²) >= 11 is 1.49. The number of nitrogens with one attached hydrogen (secondary N) is 2. The Kier molecular flexibility index (Phi) is 9.98. The third-order valence-corrected chi connectivity index (χ3v) is 6.68. The Labute approximate surface area is 232 Å². The number of anilines is 1. The van der Waals surface area contributed by atoms with Crippen molar-refractivity contribution in [3.8, 4) is 11.1 Å². The summed E-state index contributed by atoms with van der Waals surface area (Å²) in [7, 11) is 0. The molecule has 0 aromatic heterocycles. The van der Waals surface area contributed by atoms with E-state index >= 15 is 0 Å². The highest BCUT2D eigenvalue weighted by Crippen LogP contribution is 2.29. The quantitative estimate of drug-likeness (QED) is 0.366. The predicted molar refractivity (Wildman–Crippen MR) is 150 cm³/mol. The number of nitrogens with zero attached hydrogens (tertiary/aromatic N) is 1. The lowest BCUT2D eigenvalue weighted by Gasteiger charge is -2.28. The monoisotopic (exact) mass is 557 g/mol. The maximum Gasteiger partial charge on any atom is 0.411 e. The van der Waals surface area contributed by atoms with E-state index in [9.17, 15) is 29.4 Å². The molecule has 3 rings (SSSR count). The first-order chi connectivity index (χ1) is 18.4. The molecule has 3 atom stereocenters. The number of ether oxygens (including phenoxy) is 1. The molecule has 11 heteroatoms. The maximum absolute atomic E-state index is 13.2. The van der Waals surface area contributed by atoms with Crippen LogP contribution in [0.1, 0.15) is 44.0 Å². The van der Waals surface area contributed by atoms with Gasteiger partial charge in [0.2, 0.25) is 5.91 Å². The molecule has 0 spiro atoms. The van der Waals surface area contributed by atoms with Crippen molar-refractivity contribution in [3.05, 3.63) is 54.1 Å². The van der Waals surface area contributed by atoms with Crippen molar-refractivity contribution in [2.75, 3.05) is 23.9 Å². The number of carboxylic acid groups (broad SMARTS) is 1. The zero-order valence-corrected chi connectivity index (χ0v) is 23.3. The molecule has 10 nitrogen and oxygen atoms in total. The Balaban J connectivity index is 1.87. The molecule has 2 aromatic rings. The number of amides is 3. The summed E-state index contributed by atoms with van der Waals surface area (Å²) in [4.78, 5) is 51.9. The van der Waals surface area contributed by atoms with Crippen LogP contribution in [0.4, 0.5) is 10.5 Å². The lowest BCUT2D eigenvalue weighted by atomic mass is 9.98. The van der Waals surface area contributed by atoms with E-state index in [-0.39, 0.29) is 24.9 Å². The first-order valence-electron chi connectivity index (χ1n) is 12.6. The van der Waals surface area contributed by atoms with Gasteiger partial charge in [0.15, 0.2) is 0 Å². The standard InChI is InChI=1S/C28H35N3O7S/c1-28(2,3)38-27(37)31-16-19(32)15-23(31)25(34)29-18-10-11-20(21(14-18)17-8-6-5-7-9-17)24(33)30-22(26(35)36)12-13-39-4/h5-11,14,19,22-23,32H,12-13,15-16H2,1-4H3,(H,29,34)(H,30,33)(H,35,36)/t19?,22-,23+/m0/s1. The number of hydrogen-bond acceptors (Lipinski definition) is 7. The van der Waals surface area contributed by atoms with E-state index in [0.29, 0.717) is 22.6 Å². The van der Waals surface area contributed by atoms with Crippen LogP contribution in [0.3, 0.4) is 0 Å². The van der Waals surface area contributed by atoms with Crippen molar-refractivity contribution < 1.29 is 34.1 Å². The number of β-amino-alcohol motifs (C(OH)–C–C–N with tert-alkyl or cyclic N) is 1. The minimum atomic E-state index is -1.11. The molecular weight excluding hydrogens is 522 g/mol. The third kappa shape index (κ3) is 8.21. The van der Waals surface area contributed by atoms with Crippen LogP contribution in [-0.4, -0.2) is 81.3 Å². The molecule has 39 heavy (non-hydrogen) atoms. The van der Waals surface area contributed by atoms with E-state index < -0.39 is 47.7 Å². The number of aliphatic carboxylic acids is 1. The van der Waals surface area contributed by atoms with Crippen molar-refractivity contribution >= 4 is 41.3 Å². The molecular formula is C28H35N3O7S. The van der Waals surface area contributed by atoms with Crippen LogP contribution in [-0.2, 0) is 14.3 Å². The number of aliphatic hydroxyl groups excluding tert-OH is 1. The van der Waals surface area contributed by atoms with Crippen LogP contribution >= 0.6 is 11.8 Å². The number of aliphatic hydroxyl groups is 1. The fourth-order valence-electron chi connectivity index (χ4n) is 4.22. The van der Waals surface area contributed by atoms with E-state index in [1.807, 2.05) is 12.3 Å². The second-order valence-corrected chi connectivity index (χ2v) is 11.3. The summed E-state index contributed by atoms with van der Waals surface area (Å²) < 4.78 is 5.40. The molecule has 1 aliphatic rings. The molecule has 2 aromatic carbocycles. The van der Waals surface area contributed by atoms with Gasteiger partial charge >= 0.3 is 12.1 Å². The highest BCUT2D eigenvalue weighted by molar-refractivity contribution is 7.98. The molecule has 1 saturated heterocycles. The highest BCUT2D eigenvalue weighted by Gasteiger charge is 2.41. The first kappa shape index (κ1) is 30.0. The summed E-state index contributed by atoms with van der Waals surface area (Å²) in [6.07, 6.45) is 0.640. The van der Waals surface area contributed by atoms with Crippen LogP contribution < -0.4 is 10.6 Å². The van der Waals surface area contributed by atoms with Crippen LogP contribution in [0, 0.1) is 0 Å². The minimum absolute atomic E-state index is 0.0251. The first-order valence-corrected chi connectivity index (χ1v) is 14.0. The summed E-state index contributed by atoms with van der Waals surface area (Å²) in [5.74, 6) is -1.59. The molecule has 1 unspecified atom stereocenters. The zero-order valence-electron chi connectivity index (χ0n) is 22.5. The smallest absolute Gasteiger partial charge is 0.411 e. The Bertz CT molecular complexity index is 1200. The van der Waals surface area contributed by atoms with E-state index in [2.05, 4.69) is 10.6 Å². The Morgan fingerprint density at radius 3 is 2.44 bits per heavy atom. The number of carboxylic acids is 1. The van der Waals surface area contributed by atoms with E-state index in [4.69, 9.17) is 4.74 Å². The van der Waals surface area contributed by atoms with Gasteiger partial charge in [0.1, 0.15) is 17.7 Å². The van der Waals surface area contributed by atoms with Gasteiger partial charge in [0.25, 0.3) is 5.91 Å². The second-order valence-electron chi connectivity index (χ2n) is 10.3. The van der Waals surface area contributed by atoms with E-state index in [0.717, 1.165) is 0 Å². The van der Waals surface area contributed by atoms with Gasteiger partial charge in [0, 0.05) is 17.7 Å². The summed E-state index contributed by atoms with van der Waals surface area (Å²) in [5.41, 5.74) is 1.05. The van der Waals surface area contributed by atoms with Gasteiger partial charge in [-0.05, 0) is 68.5 Å². The summed E-state index contributed by atoms with van der Waals surface area (Å²) in [5, 5.41) is 25.1. The number of likely N-dealkylation sites (tertiary alicyclic amines) is 1. The molecule has 210 valence electrons. The van der Waals surface area contributed by atoms with Crippen molar-refractivity contribution in [1.29, 1.82) is 0 Å². The number of benzene rings is 2. The molecule has 0 radical (unpaired) electrons. The van der Waals surface area contributed by atoms with Gasteiger partial charge in [-0.25, -0.2) is 9.59 Å². The van der Waals surface area contributed by atoms with E-state index in [1.165, 1.54) is 22.7 Å². The molecule has 0 bridgehead atoms. The molecule has 1 fully saturated rings. The van der Waals surface area contributed by atoms with Crippen LogP contribution in [0.2, 0.25) is 0 Å². The van der Waals surface area contributed by atoms with Crippen LogP contribution in [0.15, 0.2) is 48.5 Å². The summed E-state index contributed by atoms with van der Waals surface area (Å²) in [6.45, 7) is 5.13. The molecule has 1 heterocycles. The maximum atomic E-state index is 13.2. The SMILES string of the molecule is CSCC[C@H](NC(=O)c1ccc(NC(=O)[C@H]2CC(O)CN2C(=O)OC(C)(C)C)cc1-c1ccccc1)C(=O)O. The highest BCUT2D eigenvalue weighted by atomic mass is 32.2. The largest absolute Gasteiger partial charge is 0.480 e. The average Bonchev–Trinajstić information content (AvgIpc) is 3.28. The van der Waals surface area contributed by atoms with Crippen LogP contribution in [0.5, 0.6) is 0 Å². The minimum Gasteiger partial charge on any atom is -0.480 e. The van der Waals surface area contributed by atoms with Gasteiger partial charge in [-0.3, -0.25) is 14.5 Å². The number of thioether (sulfide) groups is 1. The lowest BCUT2D eigenvalue weighted by molar-refractivity contribution is -0.139. The molecule has 1 aliphatic heterocycles. The average molecular weight is 558 g/mol. The number of hydrogen-bond donors (Lipinski definition) is 4. The topological polar surface area (TPSA) is 145 Å². The predicted octanol–water partition coefficient (Wildman–Crippen LogP) is 3.60. The lowest BCUT2D eigenvalue weighted by Crippen LogP contribution is -2.45. The van der Waals surface area contributed by atoms with Crippen molar-refractivity contribution in [3.63, 3.8) is 0 Å². The number of rotatable bonds is 9. The number of carbonyl (C=O) groups excluding carboxylic acids is 3. The zero-order chi connectivity index (χ0) is 28.7. The molecule has 0 aliphatic carbocycles. The normalized spacial score (nSPS) is 17.8. The van der Waals surface area contributed by atoms with Gasteiger partial charge in [0.05, 0.1) is 12.6 Å². The van der Waals surface area contributed by atoms with Crippen molar-refractivity contribution in [2.45, 2.75) is 57.4 Å². The second kappa shape index (κ2) is 13.0. The van der Waals surface area contributed by atoms with Gasteiger partial charge in [-0.2, -0.15) is 11.8 Å². The van der Waals surface area contributed by atoms with E-state index in [1.54, 1.807) is 57.2 Å². The van der Waals surface area contributed by atoms with Gasteiger partial charge < -0.3 is 25.6 Å². The van der Waals surface area contributed by atoms with Gasteiger partial charge in [-0.1, -0.05) is 30.3 Å². The Morgan fingerprint density at radius 1 is 1.13 bits per heavy atom. The van der Waals surface area contributed by atoms with Gasteiger partial charge in [-0.15, -0.1) is 0 Å². The summed E-state index contributed by atoms with van der Waals surface area (Å²) in [6, 6.07) is 11.8. The third-order valence-electron chi connectivity index (χ3n) is 6.04. The van der Waals surface area contributed by atoms with Crippen LogP contribution in [0.25, 0.3) is 11.1 Å². The van der Waals surface area contributed by atoms with Crippen molar-refractivity contribution in [1.82, 2.24) is 10.2 Å². The Hall–Kier alpha value is -3.57. The fraction of sp³-hybridized carbons (Fsp3) is 0.429. The van der Waals surface area contributed by atoms with Crippen molar-refractivity contribution in [2.24, 2.45) is 0 Å². The fourth-order valence-corrected chi connectivity index (χ4v) is 4.69.